The Hall–Kier alpha value is -2.32. The lowest BCUT2D eigenvalue weighted by Gasteiger charge is -2.14. The van der Waals surface area contributed by atoms with Gasteiger partial charge < -0.3 is 5.32 Å². The van der Waals surface area contributed by atoms with Gasteiger partial charge in [-0.15, -0.1) is 11.3 Å². The summed E-state index contributed by atoms with van der Waals surface area (Å²) in [6, 6.07) is 14.5. The molecule has 0 bridgehead atoms. The van der Waals surface area contributed by atoms with Crippen LogP contribution in [0.15, 0.2) is 58.5 Å². The van der Waals surface area contributed by atoms with Crippen LogP contribution in [0, 0.1) is 0 Å². The standard InChI is InChI=1S/C24H19Cl2N3O2S2/c25-16-10-6-11-17(21(16)26)27-19(30)13-32-24-28-22-20(15-9-4-5-12-18(15)33-22)23(31)29(24)14-7-2-1-3-8-14/h1-3,6-8,10-11H,4-5,9,12-13H2,(H,27,30). The molecule has 5 rings (SSSR count). The van der Waals surface area contributed by atoms with Gasteiger partial charge in [-0.1, -0.05) is 59.2 Å². The second-order valence-corrected chi connectivity index (χ2v) is 10.5. The molecule has 0 spiro atoms. The smallest absolute Gasteiger partial charge is 0.267 e. The number of amides is 1. The van der Waals surface area contributed by atoms with Gasteiger partial charge in [0.15, 0.2) is 5.16 Å². The van der Waals surface area contributed by atoms with Gasteiger partial charge >= 0.3 is 0 Å². The summed E-state index contributed by atoms with van der Waals surface area (Å²) in [6.45, 7) is 0. The normalized spacial score (nSPS) is 13.2. The van der Waals surface area contributed by atoms with Crippen LogP contribution < -0.4 is 10.9 Å². The second-order valence-electron chi connectivity index (χ2n) is 7.70. The van der Waals surface area contributed by atoms with Crippen LogP contribution in [0.3, 0.4) is 0 Å². The van der Waals surface area contributed by atoms with E-state index in [4.69, 9.17) is 28.2 Å². The molecule has 2 heterocycles. The number of benzene rings is 2. The minimum atomic E-state index is -0.261. The highest BCUT2D eigenvalue weighted by Gasteiger charge is 2.23. The largest absolute Gasteiger partial charge is 0.324 e. The summed E-state index contributed by atoms with van der Waals surface area (Å²) in [4.78, 5) is 33.2. The van der Waals surface area contributed by atoms with Crippen LogP contribution in [0.25, 0.3) is 15.9 Å². The monoisotopic (exact) mass is 515 g/mol. The number of nitrogens with one attached hydrogen (secondary N) is 1. The van der Waals surface area contributed by atoms with Crippen molar-refractivity contribution in [2.24, 2.45) is 0 Å². The Labute approximate surface area is 208 Å². The molecule has 0 saturated carbocycles. The average molecular weight is 516 g/mol. The number of rotatable bonds is 5. The molecule has 4 aromatic rings. The number of aryl methyl sites for hydroxylation is 2. The third-order valence-corrected chi connectivity index (χ3v) is 8.47. The van der Waals surface area contributed by atoms with Crippen molar-refractivity contribution in [1.29, 1.82) is 0 Å². The molecule has 0 aliphatic heterocycles. The third-order valence-electron chi connectivity index (χ3n) is 5.53. The lowest BCUT2D eigenvalue weighted by Crippen LogP contribution is -2.23. The SMILES string of the molecule is O=C(CSc1nc2sc3c(c2c(=O)n1-c1ccccc1)CCCC3)Nc1cccc(Cl)c1Cl. The minimum Gasteiger partial charge on any atom is -0.324 e. The molecule has 2 aromatic carbocycles. The molecular weight excluding hydrogens is 497 g/mol. The van der Waals surface area contributed by atoms with Crippen molar-refractivity contribution in [3.63, 3.8) is 0 Å². The number of halogens is 2. The molecule has 33 heavy (non-hydrogen) atoms. The van der Waals surface area contributed by atoms with E-state index in [1.165, 1.54) is 16.6 Å². The zero-order valence-electron chi connectivity index (χ0n) is 17.4. The van der Waals surface area contributed by atoms with Gasteiger partial charge in [-0.25, -0.2) is 4.98 Å². The molecule has 5 nitrogen and oxygen atoms in total. The highest BCUT2D eigenvalue weighted by molar-refractivity contribution is 7.99. The molecule has 1 N–H and O–H groups in total. The van der Waals surface area contributed by atoms with Crippen molar-refractivity contribution in [1.82, 2.24) is 9.55 Å². The molecule has 0 fully saturated rings. The van der Waals surface area contributed by atoms with Crippen LogP contribution in [0.1, 0.15) is 23.3 Å². The Morgan fingerprint density at radius 3 is 2.70 bits per heavy atom. The van der Waals surface area contributed by atoms with E-state index in [0.717, 1.165) is 47.2 Å². The van der Waals surface area contributed by atoms with Crippen molar-refractivity contribution in [3.05, 3.63) is 79.4 Å². The first-order chi connectivity index (χ1) is 16.0. The first-order valence-corrected chi connectivity index (χ1v) is 13.1. The van der Waals surface area contributed by atoms with E-state index in [0.29, 0.717) is 20.9 Å². The fourth-order valence-corrected chi connectivity index (χ4v) is 6.47. The Bertz CT molecular complexity index is 1420. The lowest BCUT2D eigenvalue weighted by molar-refractivity contribution is -0.113. The molecule has 0 radical (unpaired) electrons. The predicted octanol–water partition coefficient (Wildman–Crippen LogP) is 6.36. The summed E-state index contributed by atoms with van der Waals surface area (Å²) < 4.78 is 1.62. The van der Waals surface area contributed by atoms with Crippen LogP contribution in [-0.2, 0) is 17.6 Å². The third kappa shape index (κ3) is 4.43. The van der Waals surface area contributed by atoms with E-state index in [-0.39, 0.29) is 17.2 Å². The number of carbonyl (C=O) groups is 1. The number of aromatic nitrogens is 2. The van der Waals surface area contributed by atoms with Crippen LogP contribution in [0.5, 0.6) is 0 Å². The maximum atomic E-state index is 13.7. The van der Waals surface area contributed by atoms with E-state index in [1.54, 1.807) is 34.1 Å². The summed E-state index contributed by atoms with van der Waals surface area (Å²) in [6.07, 6.45) is 4.13. The molecule has 1 aliphatic rings. The zero-order valence-corrected chi connectivity index (χ0v) is 20.6. The summed E-state index contributed by atoms with van der Waals surface area (Å²) in [5.41, 5.74) is 2.25. The Kier molecular flexibility index (Phi) is 6.47. The molecule has 0 unspecified atom stereocenters. The van der Waals surface area contributed by atoms with E-state index in [9.17, 15) is 9.59 Å². The van der Waals surface area contributed by atoms with Gasteiger partial charge in [-0.2, -0.15) is 0 Å². The average Bonchev–Trinajstić information content (AvgIpc) is 3.20. The Balaban J connectivity index is 1.51. The molecule has 2 aromatic heterocycles. The van der Waals surface area contributed by atoms with Crippen molar-refractivity contribution < 1.29 is 4.79 Å². The maximum Gasteiger partial charge on any atom is 0.267 e. The van der Waals surface area contributed by atoms with Crippen LogP contribution in [0.2, 0.25) is 10.0 Å². The van der Waals surface area contributed by atoms with Crippen molar-refractivity contribution in [2.45, 2.75) is 30.8 Å². The van der Waals surface area contributed by atoms with Crippen LogP contribution in [-0.4, -0.2) is 21.2 Å². The van der Waals surface area contributed by atoms with E-state index in [2.05, 4.69) is 5.32 Å². The van der Waals surface area contributed by atoms with Gasteiger partial charge in [0, 0.05) is 4.88 Å². The van der Waals surface area contributed by atoms with Gasteiger partial charge in [-0.05, 0) is 55.5 Å². The van der Waals surface area contributed by atoms with Gasteiger partial charge in [0.1, 0.15) is 4.83 Å². The summed E-state index contributed by atoms with van der Waals surface area (Å²) in [5, 5.41) is 4.66. The highest BCUT2D eigenvalue weighted by atomic mass is 35.5. The topological polar surface area (TPSA) is 64.0 Å². The van der Waals surface area contributed by atoms with E-state index < -0.39 is 0 Å². The number of thioether (sulfide) groups is 1. The fraction of sp³-hybridized carbons (Fsp3) is 0.208. The fourth-order valence-electron chi connectivity index (χ4n) is 4.00. The molecule has 1 amide bonds. The van der Waals surface area contributed by atoms with Crippen LogP contribution in [0.4, 0.5) is 5.69 Å². The number of hydrogen-bond acceptors (Lipinski definition) is 5. The first kappa shape index (κ1) is 22.5. The minimum absolute atomic E-state index is 0.0682. The van der Waals surface area contributed by atoms with Crippen molar-refractivity contribution in [3.8, 4) is 5.69 Å². The summed E-state index contributed by atoms with van der Waals surface area (Å²) >= 11 is 15.1. The Morgan fingerprint density at radius 1 is 1.09 bits per heavy atom. The van der Waals surface area contributed by atoms with Gasteiger partial charge in [-0.3, -0.25) is 14.2 Å². The molecule has 1 aliphatic carbocycles. The maximum absolute atomic E-state index is 13.7. The summed E-state index contributed by atoms with van der Waals surface area (Å²) in [7, 11) is 0. The number of nitrogens with zero attached hydrogens (tertiary/aromatic N) is 2. The zero-order chi connectivity index (χ0) is 22.9. The molecule has 9 heteroatoms. The molecule has 168 valence electrons. The number of hydrogen-bond donors (Lipinski definition) is 1. The number of fused-ring (bicyclic) bond motifs is 3. The van der Waals surface area contributed by atoms with Crippen molar-refractivity contribution in [2.75, 3.05) is 11.1 Å². The van der Waals surface area contributed by atoms with E-state index in [1.807, 2.05) is 30.3 Å². The Morgan fingerprint density at radius 2 is 1.88 bits per heavy atom. The number of anilines is 1. The lowest BCUT2D eigenvalue weighted by atomic mass is 9.97. The number of thiophene rings is 1. The number of para-hydroxylation sites is 1. The van der Waals surface area contributed by atoms with Gasteiger partial charge in [0.2, 0.25) is 5.91 Å². The molecular formula is C24H19Cl2N3O2S2. The highest BCUT2D eigenvalue weighted by Crippen LogP contribution is 2.35. The second kappa shape index (κ2) is 9.50. The van der Waals surface area contributed by atoms with E-state index >= 15 is 0 Å². The molecule has 0 atom stereocenters. The number of carbonyl (C=O) groups excluding carboxylic acids is 1. The first-order valence-electron chi connectivity index (χ1n) is 10.5. The van der Waals surface area contributed by atoms with Crippen molar-refractivity contribution >= 4 is 68.1 Å². The van der Waals surface area contributed by atoms with Gasteiger partial charge in [0.05, 0.1) is 32.6 Å². The summed E-state index contributed by atoms with van der Waals surface area (Å²) in [5.74, 6) is -0.192. The molecule has 0 saturated heterocycles. The quantitative estimate of drug-likeness (QED) is 0.248. The predicted molar refractivity (Wildman–Crippen MR) is 138 cm³/mol. The van der Waals surface area contributed by atoms with Gasteiger partial charge in [0.25, 0.3) is 5.56 Å². The van der Waals surface area contributed by atoms with Crippen LogP contribution >= 0.6 is 46.3 Å².